The van der Waals surface area contributed by atoms with Crippen LogP contribution in [0.1, 0.15) is 22.9 Å². The highest BCUT2D eigenvalue weighted by Crippen LogP contribution is 2.42. The zero-order valence-corrected chi connectivity index (χ0v) is 25.7. The van der Waals surface area contributed by atoms with Crippen molar-refractivity contribution in [1.29, 1.82) is 0 Å². The molecular formula is C43H27N3O2. The van der Waals surface area contributed by atoms with Crippen molar-refractivity contribution in [1.82, 2.24) is 5.32 Å². The van der Waals surface area contributed by atoms with E-state index in [-0.39, 0.29) is 6.17 Å². The summed E-state index contributed by atoms with van der Waals surface area (Å²) in [6.07, 6.45) is -0.291. The molecule has 0 amide bonds. The lowest BCUT2D eigenvalue weighted by Crippen LogP contribution is -2.33. The van der Waals surface area contributed by atoms with Gasteiger partial charge in [0, 0.05) is 43.8 Å². The summed E-state index contributed by atoms with van der Waals surface area (Å²) in [5.74, 6) is 1.44. The first-order valence-electron chi connectivity index (χ1n) is 16.1. The van der Waals surface area contributed by atoms with Gasteiger partial charge in [0.1, 0.15) is 34.3 Å². The third-order valence-corrected chi connectivity index (χ3v) is 9.32. The molecule has 0 bridgehead atoms. The lowest BCUT2D eigenvalue weighted by atomic mass is 9.98. The third-order valence-electron chi connectivity index (χ3n) is 9.32. The van der Waals surface area contributed by atoms with Gasteiger partial charge in [-0.25, -0.2) is 9.98 Å². The van der Waals surface area contributed by atoms with Crippen molar-refractivity contribution < 1.29 is 8.83 Å². The van der Waals surface area contributed by atoms with Crippen molar-refractivity contribution in [2.45, 2.75) is 6.17 Å². The topological polar surface area (TPSA) is 63.0 Å². The Morgan fingerprint density at radius 3 is 1.92 bits per heavy atom. The molecule has 48 heavy (non-hydrogen) atoms. The average Bonchev–Trinajstić information content (AvgIpc) is 3.72. The zero-order chi connectivity index (χ0) is 31.6. The van der Waals surface area contributed by atoms with Gasteiger partial charge in [0.05, 0.1) is 0 Å². The fourth-order valence-electron chi connectivity index (χ4n) is 7.06. The van der Waals surface area contributed by atoms with Gasteiger partial charge in [-0.15, -0.1) is 0 Å². The Morgan fingerprint density at radius 1 is 0.500 bits per heavy atom. The molecule has 1 aliphatic rings. The van der Waals surface area contributed by atoms with E-state index in [0.717, 1.165) is 82.9 Å². The first kappa shape index (κ1) is 26.7. The summed E-state index contributed by atoms with van der Waals surface area (Å²) in [5, 5.41) is 10.2. The minimum atomic E-state index is -0.291. The molecule has 1 atom stereocenters. The zero-order valence-electron chi connectivity index (χ0n) is 25.7. The van der Waals surface area contributed by atoms with Crippen LogP contribution < -0.4 is 5.32 Å². The maximum Gasteiger partial charge on any atom is 0.159 e. The Morgan fingerprint density at radius 2 is 1.12 bits per heavy atom. The SMILES string of the molecule is c1ccc(C2=NC(c3ccccc3)NC(c3cccc4oc5c(-c6cccc7c6oc6cc8ccccc8cc67)cccc5c34)=N2)cc1. The van der Waals surface area contributed by atoms with Crippen LogP contribution in [0.25, 0.3) is 65.8 Å². The van der Waals surface area contributed by atoms with E-state index in [9.17, 15) is 0 Å². The summed E-state index contributed by atoms with van der Waals surface area (Å²) in [6.45, 7) is 0. The molecule has 9 aromatic rings. The average molecular weight is 618 g/mol. The van der Waals surface area contributed by atoms with Crippen LogP contribution in [0.4, 0.5) is 0 Å². The second-order valence-electron chi connectivity index (χ2n) is 12.2. The van der Waals surface area contributed by atoms with Gasteiger partial charge in [0.2, 0.25) is 0 Å². The number of hydrogen-bond acceptors (Lipinski definition) is 5. The maximum absolute atomic E-state index is 6.72. The normalized spacial score (nSPS) is 14.9. The highest BCUT2D eigenvalue weighted by atomic mass is 16.3. The van der Waals surface area contributed by atoms with E-state index in [1.807, 2.05) is 48.5 Å². The van der Waals surface area contributed by atoms with E-state index in [4.69, 9.17) is 18.8 Å². The number of benzene rings is 7. The number of aliphatic imine (C=N–C) groups is 2. The van der Waals surface area contributed by atoms with Crippen LogP contribution in [-0.4, -0.2) is 11.7 Å². The maximum atomic E-state index is 6.72. The number of nitrogens with zero attached hydrogens (tertiary/aromatic N) is 2. The van der Waals surface area contributed by atoms with Crippen molar-refractivity contribution in [2.24, 2.45) is 9.98 Å². The van der Waals surface area contributed by atoms with Crippen LogP contribution in [0.5, 0.6) is 0 Å². The molecule has 226 valence electrons. The molecule has 1 aliphatic heterocycles. The summed E-state index contributed by atoms with van der Waals surface area (Å²) in [6, 6.07) is 52.0. The number of furan rings is 2. The fourth-order valence-corrected chi connectivity index (χ4v) is 7.06. The van der Waals surface area contributed by atoms with E-state index in [0.29, 0.717) is 5.84 Å². The minimum absolute atomic E-state index is 0.291. The number of para-hydroxylation sites is 2. The molecule has 10 rings (SSSR count). The van der Waals surface area contributed by atoms with Gasteiger partial charge in [-0.05, 0) is 34.5 Å². The van der Waals surface area contributed by atoms with Crippen LogP contribution >= 0.6 is 0 Å². The second-order valence-corrected chi connectivity index (χ2v) is 12.2. The molecule has 0 spiro atoms. The predicted molar refractivity (Wildman–Crippen MR) is 196 cm³/mol. The number of fused-ring (bicyclic) bond motifs is 7. The third kappa shape index (κ3) is 4.18. The van der Waals surface area contributed by atoms with E-state index in [1.165, 1.54) is 5.39 Å². The summed E-state index contributed by atoms with van der Waals surface area (Å²) in [5.41, 5.74) is 8.30. The van der Waals surface area contributed by atoms with E-state index in [2.05, 4.69) is 108 Å². The van der Waals surface area contributed by atoms with Crippen LogP contribution in [0.15, 0.2) is 170 Å². The first-order valence-corrected chi connectivity index (χ1v) is 16.1. The minimum Gasteiger partial charge on any atom is -0.455 e. The summed E-state index contributed by atoms with van der Waals surface area (Å²) < 4.78 is 13.3. The molecule has 0 aliphatic carbocycles. The van der Waals surface area contributed by atoms with Gasteiger partial charge in [-0.2, -0.15) is 0 Å². The molecule has 0 radical (unpaired) electrons. The molecule has 7 aromatic carbocycles. The van der Waals surface area contributed by atoms with Gasteiger partial charge < -0.3 is 14.2 Å². The van der Waals surface area contributed by atoms with Gasteiger partial charge in [0.15, 0.2) is 5.84 Å². The highest BCUT2D eigenvalue weighted by Gasteiger charge is 2.25. The van der Waals surface area contributed by atoms with Crippen molar-refractivity contribution in [3.63, 3.8) is 0 Å². The number of hydrogen-bond donors (Lipinski definition) is 1. The van der Waals surface area contributed by atoms with Crippen LogP contribution in [-0.2, 0) is 0 Å². The number of amidine groups is 2. The quantitative estimate of drug-likeness (QED) is 0.214. The Hall–Kier alpha value is -6.46. The molecule has 3 heterocycles. The molecular weight excluding hydrogens is 590 g/mol. The molecule has 5 nitrogen and oxygen atoms in total. The molecule has 5 heteroatoms. The molecule has 1 unspecified atom stereocenters. The number of rotatable bonds is 4. The van der Waals surface area contributed by atoms with Gasteiger partial charge in [-0.1, -0.05) is 133 Å². The first-order chi connectivity index (χ1) is 23.8. The predicted octanol–water partition coefficient (Wildman–Crippen LogP) is 10.8. The van der Waals surface area contributed by atoms with Crippen molar-refractivity contribution in [3.05, 3.63) is 168 Å². The molecule has 0 saturated heterocycles. The lowest BCUT2D eigenvalue weighted by molar-refractivity contribution is 0.665. The molecule has 0 fully saturated rings. The van der Waals surface area contributed by atoms with Gasteiger partial charge >= 0.3 is 0 Å². The Kier molecular flexibility index (Phi) is 5.87. The van der Waals surface area contributed by atoms with E-state index < -0.39 is 0 Å². The Balaban J connectivity index is 1.16. The number of nitrogens with one attached hydrogen (secondary N) is 1. The van der Waals surface area contributed by atoms with Crippen molar-refractivity contribution in [3.8, 4) is 11.1 Å². The van der Waals surface area contributed by atoms with E-state index in [1.54, 1.807) is 0 Å². The largest absolute Gasteiger partial charge is 0.455 e. The summed E-state index contributed by atoms with van der Waals surface area (Å²) in [4.78, 5) is 10.1. The standard InChI is InChI=1S/C43H27N3O2/c1-3-12-26(13-4-1)41-44-42(27-14-5-2-6-15-27)46-43(45-41)34-22-11-23-36-38(34)33-21-10-19-31(40(33)47-36)30-18-9-20-32-35-24-28-16-7-8-17-29(28)25-37(35)48-39(30)32/h1-25,41H,(H,44,45,46). The van der Waals surface area contributed by atoms with Crippen LogP contribution in [0.2, 0.25) is 0 Å². The van der Waals surface area contributed by atoms with Crippen molar-refractivity contribution >= 4 is 66.3 Å². The Labute approximate surface area is 275 Å². The molecule has 0 saturated carbocycles. The highest BCUT2D eigenvalue weighted by molar-refractivity contribution is 6.23. The van der Waals surface area contributed by atoms with Crippen molar-refractivity contribution in [2.75, 3.05) is 0 Å². The fraction of sp³-hybridized carbons (Fsp3) is 0.0233. The van der Waals surface area contributed by atoms with Gasteiger partial charge in [-0.3, -0.25) is 0 Å². The van der Waals surface area contributed by atoms with Gasteiger partial charge in [0.25, 0.3) is 0 Å². The molecule has 1 N–H and O–H groups in total. The summed E-state index contributed by atoms with van der Waals surface area (Å²) >= 11 is 0. The molecule has 2 aromatic heterocycles. The lowest BCUT2D eigenvalue weighted by Gasteiger charge is -2.24. The van der Waals surface area contributed by atoms with E-state index >= 15 is 0 Å². The second kappa shape index (κ2) is 10.5. The van der Waals surface area contributed by atoms with Crippen LogP contribution in [0, 0.1) is 0 Å². The van der Waals surface area contributed by atoms with Crippen LogP contribution in [0.3, 0.4) is 0 Å². The Bertz CT molecular complexity index is 2760. The monoisotopic (exact) mass is 617 g/mol. The summed E-state index contributed by atoms with van der Waals surface area (Å²) in [7, 11) is 0. The smallest absolute Gasteiger partial charge is 0.159 e.